The fourth-order valence-electron chi connectivity index (χ4n) is 0.348. The van der Waals surface area contributed by atoms with Crippen LogP contribution in [0, 0.1) is 0 Å². The third-order valence-electron chi connectivity index (χ3n) is 0.777. The van der Waals surface area contributed by atoms with Gasteiger partial charge in [-0.3, -0.25) is 0 Å². The lowest BCUT2D eigenvalue weighted by Gasteiger charge is -2.08. The van der Waals surface area contributed by atoms with Gasteiger partial charge in [-0.05, 0) is 13.8 Å². The standard InChI is InChI=1S/C6H11BrO3/c1-3-9-6(8)10-5(2)4-7/h5H,3-4H2,1-2H3. The Morgan fingerprint density at radius 1 is 1.70 bits per heavy atom. The Kier molecular flexibility index (Phi) is 5.39. The van der Waals surface area contributed by atoms with Gasteiger partial charge in [-0.2, -0.15) is 0 Å². The van der Waals surface area contributed by atoms with E-state index in [1.165, 1.54) is 0 Å². The van der Waals surface area contributed by atoms with Gasteiger partial charge in [-0.1, -0.05) is 15.9 Å². The second kappa shape index (κ2) is 5.53. The quantitative estimate of drug-likeness (QED) is 0.528. The average Bonchev–Trinajstić information content (AvgIpc) is 1.88. The van der Waals surface area contributed by atoms with Gasteiger partial charge in [0.25, 0.3) is 0 Å². The second-order valence-electron chi connectivity index (χ2n) is 1.77. The molecular weight excluding hydrogens is 200 g/mol. The molecule has 1 atom stereocenters. The van der Waals surface area contributed by atoms with Crippen molar-refractivity contribution in [3.8, 4) is 0 Å². The van der Waals surface area contributed by atoms with E-state index in [0.717, 1.165) is 0 Å². The highest BCUT2D eigenvalue weighted by atomic mass is 79.9. The summed E-state index contributed by atoms with van der Waals surface area (Å²) in [6.07, 6.45) is -0.728. The highest BCUT2D eigenvalue weighted by molar-refractivity contribution is 9.09. The van der Waals surface area contributed by atoms with Crippen LogP contribution < -0.4 is 0 Å². The zero-order valence-corrected chi connectivity index (χ0v) is 7.68. The molecule has 0 N–H and O–H groups in total. The Hall–Kier alpha value is -0.250. The Morgan fingerprint density at radius 2 is 2.30 bits per heavy atom. The van der Waals surface area contributed by atoms with E-state index in [2.05, 4.69) is 20.7 Å². The van der Waals surface area contributed by atoms with Crippen LogP contribution in [0.25, 0.3) is 0 Å². The van der Waals surface area contributed by atoms with E-state index in [-0.39, 0.29) is 6.10 Å². The molecule has 0 saturated heterocycles. The van der Waals surface area contributed by atoms with Crippen LogP contribution >= 0.6 is 15.9 Å². The predicted octanol–water partition coefficient (Wildman–Crippen LogP) is 1.94. The molecular formula is C6H11BrO3. The number of carbonyl (C=O) groups is 1. The summed E-state index contributed by atoms with van der Waals surface area (Å²) in [7, 11) is 0. The van der Waals surface area contributed by atoms with Gasteiger partial charge >= 0.3 is 6.16 Å². The van der Waals surface area contributed by atoms with Crippen LogP contribution in [0.15, 0.2) is 0 Å². The van der Waals surface area contributed by atoms with Crippen molar-refractivity contribution in [2.45, 2.75) is 20.0 Å². The molecule has 0 bridgehead atoms. The molecule has 3 nitrogen and oxygen atoms in total. The van der Waals surface area contributed by atoms with Gasteiger partial charge in [0.2, 0.25) is 0 Å². The van der Waals surface area contributed by atoms with Crippen LogP contribution in [-0.4, -0.2) is 24.2 Å². The second-order valence-corrected chi connectivity index (χ2v) is 2.41. The molecule has 0 aromatic carbocycles. The first-order valence-electron chi connectivity index (χ1n) is 3.10. The van der Waals surface area contributed by atoms with Crippen LogP contribution in [0.3, 0.4) is 0 Å². The maximum atomic E-state index is 10.5. The van der Waals surface area contributed by atoms with E-state index in [9.17, 15) is 4.79 Å². The van der Waals surface area contributed by atoms with E-state index in [0.29, 0.717) is 11.9 Å². The summed E-state index contributed by atoms with van der Waals surface area (Å²) in [6.45, 7) is 3.87. The molecule has 0 radical (unpaired) electrons. The normalized spacial score (nSPS) is 12.3. The molecule has 1 unspecified atom stereocenters. The fraction of sp³-hybridized carbons (Fsp3) is 0.833. The molecule has 0 aromatic rings. The Balaban J connectivity index is 3.37. The summed E-state index contributed by atoms with van der Waals surface area (Å²) in [5, 5.41) is 0.631. The average molecular weight is 211 g/mol. The summed E-state index contributed by atoms with van der Waals surface area (Å²) in [4.78, 5) is 10.5. The van der Waals surface area contributed by atoms with E-state index in [4.69, 9.17) is 4.74 Å². The van der Waals surface area contributed by atoms with Crippen molar-refractivity contribution in [1.82, 2.24) is 0 Å². The summed E-state index contributed by atoms with van der Waals surface area (Å²) >= 11 is 3.16. The zero-order chi connectivity index (χ0) is 7.98. The molecule has 4 heteroatoms. The number of hydrogen-bond acceptors (Lipinski definition) is 3. The fourth-order valence-corrected chi connectivity index (χ4v) is 0.480. The number of halogens is 1. The summed E-state index contributed by atoms with van der Waals surface area (Å²) < 4.78 is 9.26. The number of alkyl halides is 1. The van der Waals surface area contributed by atoms with Gasteiger partial charge in [0.05, 0.1) is 6.61 Å². The SMILES string of the molecule is CCOC(=O)OC(C)CBr. The van der Waals surface area contributed by atoms with Crippen molar-refractivity contribution in [2.24, 2.45) is 0 Å². The third kappa shape index (κ3) is 4.61. The van der Waals surface area contributed by atoms with Crippen molar-refractivity contribution in [2.75, 3.05) is 11.9 Å². The Labute approximate surface area is 68.8 Å². The molecule has 0 saturated carbocycles. The van der Waals surface area contributed by atoms with Crippen molar-refractivity contribution in [3.63, 3.8) is 0 Å². The summed E-state index contributed by atoms with van der Waals surface area (Å²) in [5.41, 5.74) is 0. The first-order chi connectivity index (χ1) is 4.70. The molecule has 0 fully saturated rings. The molecule has 10 heavy (non-hydrogen) atoms. The van der Waals surface area contributed by atoms with E-state index < -0.39 is 6.16 Å². The van der Waals surface area contributed by atoms with Crippen molar-refractivity contribution in [1.29, 1.82) is 0 Å². The van der Waals surface area contributed by atoms with Crippen molar-refractivity contribution < 1.29 is 14.3 Å². The molecule has 0 heterocycles. The molecule has 0 aromatic heterocycles. The number of hydrogen-bond donors (Lipinski definition) is 0. The number of carbonyl (C=O) groups excluding carboxylic acids is 1. The third-order valence-corrected chi connectivity index (χ3v) is 1.69. The first-order valence-corrected chi connectivity index (χ1v) is 4.22. The molecule has 0 aliphatic heterocycles. The highest BCUT2D eigenvalue weighted by Crippen LogP contribution is 1.97. The van der Waals surface area contributed by atoms with Crippen LogP contribution in [0.2, 0.25) is 0 Å². The van der Waals surface area contributed by atoms with Crippen molar-refractivity contribution in [3.05, 3.63) is 0 Å². The topological polar surface area (TPSA) is 35.5 Å². The Morgan fingerprint density at radius 3 is 2.70 bits per heavy atom. The highest BCUT2D eigenvalue weighted by Gasteiger charge is 2.06. The maximum absolute atomic E-state index is 10.5. The molecule has 0 aliphatic carbocycles. The zero-order valence-electron chi connectivity index (χ0n) is 6.09. The minimum absolute atomic E-state index is 0.126. The van der Waals surface area contributed by atoms with Gasteiger partial charge in [-0.25, -0.2) is 4.79 Å². The monoisotopic (exact) mass is 210 g/mol. The summed E-state index contributed by atoms with van der Waals surface area (Å²) in [6, 6.07) is 0. The van der Waals surface area contributed by atoms with Crippen LogP contribution in [-0.2, 0) is 9.47 Å². The molecule has 0 rings (SSSR count). The Bertz CT molecular complexity index is 105. The van der Waals surface area contributed by atoms with Gasteiger partial charge in [-0.15, -0.1) is 0 Å². The molecule has 0 amide bonds. The van der Waals surface area contributed by atoms with Gasteiger partial charge in [0.1, 0.15) is 6.10 Å². The van der Waals surface area contributed by atoms with E-state index in [1.54, 1.807) is 13.8 Å². The van der Waals surface area contributed by atoms with Gasteiger partial charge < -0.3 is 9.47 Å². The number of ether oxygens (including phenoxy) is 2. The van der Waals surface area contributed by atoms with Crippen molar-refractivity contribution >= 4 is 22.1 Å². The van der Waals surface area contributed by atoms with Crippen LogP contribution in [0.1, 0.15) is 13.8 Å². The van der Waals surface area contributed by atoms with Crippen LogP contribution in [0.5, 0.6) is 0 Å². The molecule has 0 spiro atoms. The molecule has 60 valence electrons. The lowest BCUT2D eigenvalue weighted by atomic mass is 10.5. The smallest absolute Gasteiger partial charge is 0.435 e. The minimum atomic E-state index is -0.602. The largest absolute Gasteiger partial charge is 0.508 e. The van der Waals surface area contributed by atoms with Crippen LogP contribution in [0.4, 0.5) is 4.79 Å². The predicted molar refractivity (Wildman–Crippen MR) is 41.4 cm³/mol. The van der Waals surface area contributed by atoms with E-state index >= 15 is 0 Å². The first kappa shape index (κ1) is 9.75. The van der Waals surface area contributed by atoms with E-state index in [1.807, 2.05) is 0 Å². The molecule has 0 aliphatic rings. The lowest BCUT2D eigenvalue weighted by Crippen LogP contribution is -2.16. The summed E-state index contributed by atoms with van der Waals surface area (Å²) in [5.74, 6) is 0. The minimum Gasteiger partial charge on any atom is -0.435 e. The van der Waals surface area contributed by atoms with Gasteiger partial charge in [0.15, 0.2) is 0 Å². The maximum Gasteiger partial charge on any atom is 0.508 e. The lowest BCUT2D eigenvalue weighted by molar-refractivity contribution is 0.0395. The van der Waals surface area contributed by atoms with Gasteiger partial charge in [0, 0.05) is 5.33 Å². The number of rotatable bonds is 3.